The minimum absolute atomic E-state index is 0. The Kier molecular flexibility index (Phi) is 3.58. The van der Waals surface area contributed by atoms with E-state index in [0.29, 0.717) is 16.7 Å². The second-order valence-corrected chi connectivity index (χ2v) is 4.06. The zero-order valence-corrected chi connectivity index (χ0v) is 10.8. The molecule has 96 valence electrons. The van der Waals surface area contributed by atoms with E-state index < -0.39 is 0 Å². The minimum Gasteiger partial charge on any atom is -1.00 e. The van der Waals surface area contributed by atoms with Crippen LogP contribution in [-0.2, 0) is 0 Å². The third-order valence-electron chi connectivity index (χ3n) is 2.90. The third kappa shape index (κ3) is 2.20. The van der Waals surface area contributed by atoms with Crippen LogP contribution in [0.25, 0.3) is 22.3 Å². The van der Waals surface area contributed by atoms with E-state index in [4.69, 9.17) is 9.83 Å². The largest absolute Gasteiger partial charge is 1.00 e. The van der Waals surface area contributed by atoms with Crippen LogP contribution in [0.4, 0.5) is 0 Å². The number of para-hydroxylation sites is 1. The van der Waals surface area contributed by atoms with Gasteiger partial charge in [-0.15, -0.1) is 0 Å². The maximum Gasteiger partial charge on any atom is 0.253 e. The number of hydrogen-bond acceptors (Lipinski definition) is 2. The van der Waals surface area contributed by atoms with Crippen LogP contribution in [0.5, 0.6) is 5.75 Å². The summed E-state index contributed by atoms with van der Waals surface area (Å²) in [6.45, 7) is 0. The van der Waals surface area contributed by atoms with Crippen molar-refractivity contribution in [1.29, 1.82) is 0 Å². The minimum atomic E-state index is -0.0140. The van der Waals surface area contributed by atoms with E-state index in [2.05, 4.69) is 0 Å². The second kappa shape index (κ2) is 5.16. The molecule has 3 N–H and O–H groups in total. The molecule has 0 radical (unpaired) electrons. The molecule has 19 heavy (non-hydrogen) atoms. The highest BCUT2D eigenvalue weighted by molar-refractivity contribution is 5.80. The first-order valence-corrected chi connectivity index (χ1v) is 5.66. The van der Waals surface area contributed by atoms with Gasteiger partial charge in [0.1, 0.15) is 5.58 Å². The van der Waals surface area contributed by atoms with E-state index in [1.165, 1.54) is 0 Å². The van der Waals surface area contributed by atoms with E-state index in [9.17, 15) is 5.11 Å². The Morgan fingerprint density at radius 1 is 0.895 bits per heavy atom. The van der Waals surface area contributed by atoms with Crippen LogP contribution in [0.1, 0.15) is 0 Å². The number of benzene rings is 2. The monoisotopic (exact) mass is 273 g/mol. The van der Waals surface area contributed by atoms with Crippen molar-refractivity contribution in [3.05, 3.63) is 60.0 Å². The highest BCUT2D eigenvalue weighted by atomic mass is 35.5. The average Bonchev–Trinajstić information content (AvgIpc) is 2.44. The van der Waals surface area contributed by atoms with Crippen molar-refractivity contribution in [2.75, 3.05) is 0 Å². The van der Waals surface area contributed by atoms with Gasteiger partial charge in [-0.25, -0.2) is 0 Å². The van der Waals surface area contributed by atoms with Crippen LogP contribution in [0.15, 0.2) is 59.0 Å². The summed E-state index contributed by atoms with van der Waals surface area (Å²) in [6.07, 6.45) is 0. The van der Waals surface area contributed by atoms with Crippen molar-refractivity contribution in [1.82, 2.24) is 0 Å². The predicted molar refractivity (Wildman–Crippen MR) is 68.4 cm³/mol. The lowest BCUT2D eigenvalue weighted by molar-refractivity contribution is -0.172. The van der Waals surface area contributed by atoms with E-state index >= 15 is 0 Å². The van der Waals surface area contributed by atoms with Gasteiger partial charge in [0.25, 0.3) is 5.36 Å². The van der Waals surface area contributed by atoms with Crippen LogP contribution in [0.3, 0.4) is 0 Å². The molecule has 0 atom stereocenters. The fourth-order valence-electron chi connectivity index (χ4n) is 1.97. The molecule has 2 aromatic carbocycles. The Labute approximate surface area is 116 Å². The van der Waals surface area contributed by atoms with Gasteiger partial charge in [-0.2, -0.15) is 0 Å². The lowest BCUT2D eigenvalue weighted by atomic mass is 10.1. The summed E-state index contributed by atoms with van der Waals surface area (Å²) in [4.78, 5) is 0. The smallest absolute Gasteiger partial charge is 0.253 e. The maximum atomic E-state index is 10.1. The first-order chi connectivity index (χ1) is 8.77. The Morgan fingerprint density at radius 2 is 1.53 bits per heavy atom. The molecule has 3 nitrogen and oxygen atoms in total. The molecule has 0 saturated carbocycles. The predicted octanol–water partition coefficient (Wildman–Crippen LogP) is -1.53. The zero-order valence-electron chi connectivity index (χ0n) is 10.0. The van der Waals surface area contributed by atoms with E-state index in [-0.39, 0.29) is 18.2 Å². The highest BCUT2D eigenvalue weighted by Gasteiger charge is 2.15. The Bertz CT molecular complexity index is 766. The van der Waals surface area contributed by atoms with Crippen LogP contribution >= 0.6 is 0 Å². The number of aromatic hydroxyl groups is 1. The standard InChI is InChI=1S/C15H11NO2.ClH/c16-13-11-8-4-5-9-12(11)18-15(14(13)17)10-6-2-1-3-7-10;/h1-9,16-17H;1H. The fourth-order valence-corrected chi connectivity index (χ4v) is 1.97. The van der Waals surface area contributed by atoms with Gasteiger partial charge in [0, 0.05) is 5.56 Å². The van der Waals surface area contributed by atoms with Crippen LogP contribution in [0.2, 0.25) is 0 Å². The van der Waals surface area contributed by atoms with Crippen LogP contribution in [-0.4, -0.2) is 5.11 Å². The van der Waals surface area contributed by atoms with Crippen molar-refractivity contribution in [2.45, 2.75) is 0 Å². The number of halogens is 1. The summed E-state index contributed by atoms with van der Waals surface area (Å²) in [6, 6.07) is 16.8. The van der Waals surface area contributed by atoms with E-state index in [0.717, 1.165) is 10.9 Å². The summed E-state index contributed by atoms with van der Waals surface area (Å²) in [5, 5.41) is 17.1. The molecule has 0 aliphatic rings. The molecular formula is C15H12ClNO2. The molecule has 0 unspecified atom stereocenters. The zero-order chi connectivity index (χ0) is 12.5. The molecule has 0 aliphatic carbocycles. The number of hydrogen-bond donors (Lipinski definition) is 2. The molecule has 1 heterocycles. The van der Waals surface area contributed by atoms with Crippen LogP contribution in [0, 0.1) is 0 Å². The molecule has 4 heteroatoms. The Hall–Kier alpha value is -2.26. The van der Waals surface area contributed by atoms with Gasteiger partial charge >= 0.3 is 0 Å². The quantitative estimate of drug-likeness (QED) is 0.565. The summed E-state index contributed by atoms with van der Waals surface area (Å²) >= 11 is 0. The molecule has 0 amide bonds. The van der Waals surface area contributed by atoms with Gasteiger partial charge < -0.3 is 21.9 Å². The lowest BCUT2D eigenvalue weighted by Crippen LogP contribution is -3.00. The SMILES string of the molecule is [Cl-].[NH2+]=c1c(O)c(-c2ccccc2)oc2ccccc12. The molecule has 0 bridgehead atoms. The summed E-state index contributed by atoms with van der Waals surface area (Å²) < 4.78 is 5.73. The average molecular weight is 274 g/mol. The van der Waals surface area contributed by atoms with Gasteiger partial charge in [-0.3, -0.25) is 5.41 Å². The lowest BCUT2D eigenvalue weighted by Gasteiger charge is -2.04. The number of fused-ring (bicyclic) bond motifs is 1. The normalized spacial score (nSPS) is 10.1. The third-order valence-corrected chi connectivity index (χ3v) is 2.90. The number of nitrogens with two attached hydrogens (primary N) is 1. The molecule has 0 spiro atoms. The maximum absolute atomic E-state index is 10.1. The van der Waals surface area contributed by atoms with Gasteiger partial charge in [0.05, 0.1) is 5.39 Å². The summed E-state index contributed by atoms with van der Waals surface area (Å²) in [5.41, 5.74) is 1.46. The second-order valence-electron chi connectivity index (χ2n) is 4.06. The van der Waals surface area contributed by atoms with Gasteiger partial charge in [-0.1, -0.05) is 42.5 Å². The first kappa shape index (κ1) is 13.2. The Morgan fingerprint density at radius 3 is 2.26 bits per heavy atom. The highest BCUT2D eigenvalue weighted by Crippen LogP contribution is 2.28. The van der Waals surface area contributed by atoms with Crippen molar-refractivity contribution in [3.8, 4) is 17.1 Å². The van der Waals surface area contributed by atoms with Crippen LogP contribution < -0.4 is 23.2 Å². The molecule has 0 fully saturated rings. The van der Waals surface area contributed by atoms with Gasteiger partial charge in [0.2, 0.25) is 5.75 Å². The molecular weight excluding hydrogens is 262 g/mol. The fraction of sp³-hybridized carbons (Fsp3) is 0. The molecule has 3 aromatic rings. The molecule has 0 aliphatic heterocycles. The molecule has 1 aromatic heterocycles. The summed E-state index contributed by atoms with van der Waals surface area (Å²) in [7, 11) is 0. The van der Waals surface area contributed by atoms with E-state index in [1.54, 1.807) is 0 Å². The van der Waals surface area contributed by atoms with E-state index in [1.807, 2.05) is 54.6 Å². The Balaban J connectivity index is 0.00000133. The molecule has 0 saturated heterocycles. The molecule has 3 rings (SSSR count). The summed E-state index contributed by atoms with van der Waals surface area (Å²) in [5.74, 6) is 0.381. The van der Waals surface area contributed by atoms with Crippen molar-refractivity contribution in [2.24, 2.45) is 0 Å². The number of rotatable bonds is 1. The first-order valence-electron chi connectivity index (χ1n) is 5.66. The van der Waals surface area contributed by atoms with Crippen molar-refractivity contribution in [3.63, 3.8) is 0 Å². The van der Waals surface area contributed by atoms with Gasteiger partial charge in [-0.05, 0) is 12.1 Å². The van der Waals surface area contributed by atoms with Gasteiger partial charge in [0.15, 0.2) is 5.76 Å². The van der Waals surface area contributed by atoms with Crippen molar-refractivity contribution >= 4 is 11.0 Å². The van der Waals surface area contributed by atoms with Crippen molar-refractivity contribution < 1.29 is 27.3 Å². The topological polar surface area (TPSA) is 59.0 Å².